The van der Waals surface area contributed by atoms with Crippen molar-refractivity contribution < 1.29 is 19.4 Å². The molecule has 1 unspecified atom stereocenters. The summed E-state index contributed by atoms with van der Waals surface area (Å²) < 4.78 is 5.83. The fraction of sp³-hybridized carbons (Fsp3) is 0.381. The van der Waals surface area contributed by atoms with Gasteiger partial charge >= 0.3 is 5.97 Å². The van der Waals surface area contributed by atoms with Crippen LogP contribution in [0.25, 0.3) is 0 Å². The number of carboxylic acids is 1. The second-order valence-corrected chi connectivity index (χ2v) is 6.50. The van der Waals surface area contributed by atoms with Gasteiger partial charge in [-0.1, -0.05) is 12.1 Å². The number of hydrogen-bond acceptors (Lipinski definition) is 6. The first-order valence-corrected chi connectivity index (χ1v) is 9.33. The van der Waals surface area contributed by atoms with Gasteiger partial charge in [0.05, 0.1) is 13.0 Å². The number of aldehydes is 1. The van der Waals surface area contributed by atoms with Crippen LogP contribution in [0.2, 0.25) is 0 Å². The summed E-state index contributed by atoms with van der Waals surface area (Å²) in [6.45, 7) is 1.94. The van der Waals surface area contributed by atoms with E-state index in [-0.39, 0.29) is 6.42 Å². The van der Waals surface area contributed by atoms with Crippen LogP contribution in [0.5, 0.6) is 5.75 Å². The van der Waals surface area contributed by atoms with Gasteiger partial charge in [0.25, 0.3) is 0 Å². The number of ether oxygens (including phenoxy) is 1. The zero-order valence-corrected chi connectivity index (χ0v) is 16.1. The van der Waals surface area contributed by atoms with Gasteiger partial charge < -0.3 is 25.3 Å². The lowest BCUT2D eigenvalue weighted by molar-refractivity contribution is -0.139. The number of nitrogens with one attached hydrogen (secondary N) is 2. The molecular formula is C21H27N3O4. The zero-order chi connectivity index (χ0) is 20.2. The van der Waals surface area contributed by atoms with E-state index in [2.05, 4.69) is 15.6 Å². The van der Waals surface area contributed by atoms with Crippen molar-refractivity contribution in [3.05, 3.63) is 53.7 Å². The average molecular weight is 385 g/mol. The van der Waals surface area contributed by atoms with Crippen molar-refractivity contribution in [2.45, 2.75) is 25.8 Å². The molecule has 150 valence electrons. The molecule has 0 aliphatic rings. The lowest BCUT2D eigenvalue weighted by atomic mass is 9.94. The summed E-state index contributed by atoms with van der Waals surface area (Å²) in [6, 6.07) is 11.4. The first-order chi connectivity index (χ1) is 13.6. The molecule has 0 bridgehead atoms. The molecule has 28 heavy (non-hydrogen) atoms. The number of nitrogens with zero attached hydrogens (tertiary/aromatic N) is 1. The van der Waals surface area contributed by atoms with Gasteiger partial charge in [-0.05, 0) is 55.3 Å². The SMILES string of the molecule is CNCc1cc(OCCCNc2ccccn2)ccc1CC(C=O)CC(=O)O. The van der Waals surface area contributed by atoms with Crippen LogP contribution in [-0.4, -0.2) is 42.5 Å². The van der Waals surface area contributed by atoms with E-state index in [4.69, 9.17) is 9.84 Å². The summed E-state index contributed by atoms with van der Waals surface area (Å²) in [5.41, 5.74) is 1.96. The smallest absolute Gasteiger partial charge is 0.304 e. The second kappa shape index (κ2) is 11.7. The van der Waals surface area contributed by atoms with Gasteiger partial charge in [-0.3, -0.25) is 4.79 Å². The molecule has 1 heterocycles. The molecule has 2 aromatic rings. The summed E-state index contributed by atoms with van der Waals surface area (Å²) in [7, 11) is 1.84. The lowest BCUT2D eigenvalue weighted by Gasteiger charge is -2.15. The Labute approximate surface area is 165 Å². The lowest BCUT2D eigenvalue weighted by Crippen LogP contribution is -2.15. The van der Waals surface area contributed by atoms with E-state index in [9.17, 15) is 9.59 Å². The minimum absolute atomic E-state index is 0.163. The van der Waals surface area contributed by atoms with Crippen LogP contribution in [-0.2, 0) is 22.6 Å². The van der Waals surface area contributed by atoms with Crippen molar-refractivity contribution in [1.82, 2.24) is 10.3 Å². The van der Waals surface area contributed by atoms with Crippen molar-refractivity contribution in [3.8, 4) is 5.75 Å². The number of rotatable bonds is 13. The molecule has 0 saturated carbocycles. The van der Waals surface area contributed by atoms with Gasteiger partial charge in [0.15, 0.2) is 0 Å². The predicted octanol–water partition coefficient (Wildman–Crippen LogP) is 2.51. The Morgan fingerprint density at radius 1 is 1.29 bits per heavy atom. The maximum absolute atomic E-state index is 11.2. The normalized spacial score (nSPS) is 11.6. The number of carbonyl (C=O) groups is 2. The Balaban J connectivity index is 1.88. The Morgan fingerprint density at radius 2 is 2.14 bits per heavy atom. The van der Waals surface area contributed by atoms with E-state index < -0.39 is 11.9 Å². The fourth-order valence-electron chi connectivity index (χ4n) is 2.87. The maximum Gasteiger partial charge on any atom is 0.304 e. The monoisotopic (exact) mass is 385 g/mol. The topological polar surface area (TPSA) is 101 Å². The van der Waals surface area contributed by atoms with Crippen LogP contribution in [0.15, 0.2) is 42.6 Å². The fourth-order valence-corrected chi connectivity index (χ4v) is 2.87. The number of carboxylic acid groups (broad SMARTS) is 1. The number of pyridine rings is 1. The summed E-state index contributed by atoms with van der Waals surface area (Å²) in [6.07, 6.45) is 3.53. The number of anilines is 1. The van der Waals surface area contributed by atoms with E-state index in [1.165, 1.54) is 0 Å². The Bertz CT molecular complexity index is 753. The number of hydrogen-bond donors (Lipinski definition) is 3. The minimum atomic E-state index is -0.966. The first kappa shape index (κ1) is 21.4. The molecule has 3 N–H and O–H groups in total. The Morgan fingerprint density at radius 3 is 2.82 bits per heavy atom. The number of benzene rings is 1. The van der Waals surface area contributed by atoms with E-state index >= 15 is 0 Å². The van der Waals surface area contributed by atoms with Crippen LogP contribution in [0.4, 0.5) is 5.82 Å². The molecule has 0 aliphatic carbocycles. The second-order valence-electron chi connectivity index (χ2n) is 6.50. The third-order valence-corrected chi connectivity index (χ3v) is 4.22. The van der Waals surface area contributed by atoms with Crippen LogP contribution >= 0.6 is 0 Å². The minimum Gasteiger partial charge on any atom is -0.494 e. The number of carbonyl (C=O) groups excluding carboxylic acids is 1. The van der Waals surface area contributed by atoms with Crippen molar-refractivity contribution in [1.29, 1.82) is 0 Å². The first-order valence-electron chi connectivity index (χ1n) is 9.33. The van der Waals surface area contributed by atoms with Crippen molar-refractivity contribution in [2.24, 2.45) is 5.92 Å². The summed E-state index contributed by atoms with van der Waals surface area (Å²) >= 11 is 0. The van der Waals surface area contributed by atoms with Gasteiger partial charge in [-0.25, -0.2) is 4.98 Å². The third-order valence-electron chi connectivity index (χ3n) is 4.22. The molecule has 0 amide bonds. The molecule has 7 nitrogen and oxygen atoms in total. The highest BCUT2D eigenvalue weighted by Crippen LogP contribution is 2.22. The maximum atomic E-state index is 11.2. The van der Waals surface area contributed by atoms with Gasteiger partial charge in [-0.15, -0.1) is 0 Å². The molecular weight excluding hydrogens is 358 g/mol. The third kappa shape index (κ3) is 7.36. The average Bonchev–Trinajstić information content (AvgIpc) is 2.69. The van der Waals surface area contributed by atoms with Gasteiger partial charge in [0.2, 0.25) is 0 Å². The molecule has 7 heteroatoms. The van der Waals surface area contributed by atoms with Crippen LogP contribution in [0.3, 0.4) is 0 Å². The summed E-state index contributed by atoms with van der Waals surface area (Å²) in [5, 5.41) is 15.3. The van der Waals surface area contributed by atoms with Crippen LogP contribution in [0, 0.1) is 5.92 Å². The van der Waals surface area contributed by atoms with E-state index in [0.29, 0.717) is 19.6 Å². The standard InChI is InChI=1S/C21H27N3O4/c1-22-14-18-13-19(7-6-17(18)11-16(15-25)12-21(26)27)28-10-4-9-24-20-5-2-3-8-23-20/h2-3,5-8,13,15-16,22H,4,9-12,14H2,1H3,(H,23,24)(H,26,27). The van der Waals surface area contributed by atoms with Crippen molar-refractivity contribution in [3.63, 3.8) is 0 Å². The molecule has 1 atom stereocenters. The summed E-state index contributed by atoms with van der Waals surface area (Å²) in [5.74, 6) is 0.103. The molecule has 0 spiro atoms. The van der Waals surface area contributed by atoms with Crippen molar-refractivity contribution in [2.75, 3.05) is 25.5 Å². The van der Waals surface area contributed by atoms with Crippen LogP contribution < -0.4 is 15.4 Å². The summed E-state index contributed by atoms with van der Waals surface area (Å²) in [4.78, 5) is 26.3. The Hall–Kier alpha value is -2.93. The Kier molecular flexibility index (Phi) is 8.94. The quantitative estimate of drug-likeness (QED) is 0.360. The van der Waals surface area contributed by atoms with Gasteiger partial charge in [0.1, 0.15) is 17.9 Å². The zero-order valence-electron chi connectivity index (χ0n) is 16.1. The van der Waals surface area contributed by atoms with Gasteiger partial charge in [-0.2, -0.15) is 0 Å². The molecule has 1 aromatic heterocycles. The highest BCUT2D eigenvalue weighted by molar-refractivity contribution is 5.72. The largest absolute Gasteiger partial charge is 0.494 e. The van der Waals surface area contributed by atoms with E-state index in [0.717, 1.165) is 41.9 Å². The number of aliphatic carboxylic acids is 1. The molecule has 0 saturated heterocycles. The molecule has 0 aliphatic heterocycles. The van der Waals surface area contributed by atoms with E-state index in [1.807, 2.05) is 43.4 Å². The van der Waals surface area contributed by atoms with E-state index in [1.54, 1.807) is 6.20 Å². The molecule has 2 rings (SSSR count). The molecule has 1 aromatic carbocycles. The molecule has 0 radical (unpaired) electrons. The highest BCUT2D eigenvalue weighted by Gasteiger charge is 2.15. The predicted molar refractivity (Wildman–Crippen MR) is 108 cm³/mol. The van der Waals surface area contributed by atoms with Crippen LogP contribution in [0.1, 0.15) is 24.0 Å². The molecule has 0 fully saturated rings. The van der Waals surface area contributed by atoms with Gasteiger partial charge in [0, 0.05) is 25.2 Å². The van der Waals surface area contributed by atoms with Crippen molar-refractivity contribution >= 4 is 18.1 Å². The number of aromatic nitrogens is 1. The highest BCUT2D eigenvalue weighted by atomic mass is 16.5.